The molecule has 1 heterocycles. The van der Waals surface area contributed by atoms with Crippen molar-refractivity contribution in [3.8, 4) is 5.88 Å². The van der Waals surface area contributed by atoms with E-state index >= 15 is 0 Å². The van der Waals surface area contributed by atoms with Gasteiger partial charge in [-0.3, -0.25) is 0 Å². The van der Waals surface area contributed by atoms with Crippen LogP contribution in [0.4, 0.5) is 11.4 Å². The Hall–Kier alpha value is -1.72. The van der Waals surface area contributed by atoms with Gasteiger partial charge < -0.3 is 16.6 Å². The molecule has 0 fully saturated rings. The van der Waals surface area contributed by atoms with Crippen molar-refractivity contribution in [2.45, 2.75) is 6.42 Å². The summed E-state index contributed by atoms with van der Waals surface area (Å²) in [6.07, 6.45) is 1.71. The number of benzene rings is 1. The summed E-state index contributed by atoms with van der Waals surface area (Å²) in [5.74, 6) is 0.172. The molecule has 2 rings (SSSR count). The summed E-state index contributed by atoms with van der Waals surface area (Å²) in [5.41, 5.74) is 12.3. The highest BCUT2D eigenvalue weighted by molar-refractivity contribution is 6.38. The van der Waals surface area contributed by atoms with Gasteiger partial charge in [-0.1, -0.05) is 23.2 Å². The fraction of sp³-hybridized carbons (Fsp3) is 0.0909. The molecule has 1 aromatic heterocycles. The molecule has 5 N–H and O–H groups in total. The third-order valence-electron chi connectivity index (χ3n) is 2.35. The van der Waals surface area contributed by atoms with Crippen LogP contribution < -0.4 is 11.5 Å². The Morgan fingerprint density at radius 3 is 2.33 bits per heavy atom. The Kier molecular flexibility index (Phi) is 3.45. The lowest BCUT2D eigenvalue weighted by Crippen LogP contribution is -2.00. The highest BCUT2D eigenvalue weighted by Gasteiger charge is 2.08. The van der Waals surface area contributed by atoms with E-state index in [1.807, 2.05) is 0 Å². The van der Waals surface area contributed by atoms with E-state index in [0.29, 0.717) is 28.0 Å². The van der Waals surface area contributed by atoms with Gasteiger partial charge in [0.15, 0.2) is 0 Å². The second kappa shape index (κ2) is 4.88. The molecule has 18 heavy (non-hydrogen) atoms. The highest BCUT2D eigenvalue weighted by Crippen LogP contribution is 2.29. The number of rotatable bonds is 2. The van der Waals surface area contributed by atoms with E-state index < -0.39 is 0 Å². The second-order valence-electron chi connectivity index (χ2n) is 3.72. The second-order valence-corrected chi connectivity index (χ2v) is 4.53. The Morgan fingerprint density at radius 2 is 1.78 bits per heavy atom. The summed E-state index contributed by atoms with van der Waals surface area (Å²) >= 11 is 11.8. The lowest BCUT2D eigenvalue weighted by Gasteiger charge is -2.06. The zero-order valence-electron chi connectivity index (χ0n) is 9.19. The molecule has 2 aromatic rings. The third-order valence-corrected chi connectivity index (χ3v) is 2.97. The molecule has 94 valence electrons. The Labute approximate surface area is 113 Å². The number of nitrogens with two attached hydrogens (primary N) is 2. The van der Waals surface area contributed by atoms with E-state index in [1.165, 1.54) is 6.20 Å². The van der Waals surface area contributed by atoms with Crippen LogP contribution in [0.15, 0.2) is 18.3 Å². The number of nitrogens with zero attached hydrogens (tertiary/aromatic N) is 2. The minimum absolute atomic E-state index is 0.132. The van der Waals surface area contributed by atoms with Crippen molar-refractivity contribution in [1.82, 2.24) is 9.97 Å². The standard InChI is InChI=1S/C11H10Cl2N4O/c12-6-1-5(2-7(13)10(6)15)3-9-16-4-8(14)11(18)17-9/h1-2,4H,3,14-15H2,(H,16,17,18). The van der Waals surface area contributed by atoms with Gasteiger partial charge in [0.25, 0.3) is 0 Å². The number of nitrogen functional groups attached to an aromatic ring is 2. The molecule has 0 spiro atoms. The van der Waals surface area contributed by atoms with E-state index in [-0.39, 0.29) is 11.6 Å². The van der Waals surface area contributed by atoms with E-state index in [2.05, 4.69) is 9.97 Å². The Morgan fingerprint density at radius 1 is 1.17 bits per heavy atom. The predicted octanol–water partition coefficient (Wildman–Crippen LogP) is 2.24. The first-order chi connectivity index (χ1) is 8.47. The van der Waals surface area contributed by atoms with Crippen LogP contribution in [-0.4, -0.2) is 15.1 Å². The number of hydrogen-bond acceptors (Lipinski definition) is 5. The molecule has 0 saturated carbocycles. The zero-order chi connectivity index (χ0) is 13.3. The molecule has 0 amide bonds. The van der Waals surface area contributed by atoms with Gasteiger partial charge in [0.2, 0.25) is 5.88 Å². The molecule has 7 heteroatoms. The molecule has 0 atom stereocenters. The van der Waals surface area contributed by atoms with Gasteiger partial charge in [0.1, 0.15) is 11.5 Å². The van der Waals surface area contributed by atoms with Crippen molar-refractivity contribution < 1.29 is 5.11 Å². The molecule has 0 saturated heterocycles. The molecule has 0 aliphatic rings. The predicted molar refractivity (Wildman–Crippen MR) is 71.8 cm³/mol. The summed E-state index contributed by atoms with van der Waals surface area (Å²) in [6.45, 7) is 0. The Bertz CT molecular complexity index is 581. The normalized spacial score (nSPS) is 10.6. The van der Waals surface area contributed by atoms with Crippen LogP contribution in [0.5, 0.6) is 5.88 Å². The largest absolute Gasteiger partial charge is 0.492 e. The summed E-state index contributed by atoms with van der Waals surface area (Å²) in [4.78, 5) is 7.85. The summed E-state index contributed by atoms with van der Waals surface area (Å²) in [6, 6.07) is 3.36. The van der Waals surface area contributed by atoms with Gasteiger partial charge in [-0.25, -0.2) is 4.98 Å². The van der Waals surface area contributed by atoms with Crippen molar-refractivity contribution in [2.75, 3.05) is 11.5 Å². The number of halogens is 2. The van der Waals surface area contributed by atoms with Crippen molar-refractivity contribution >= 4 is 34.6 Å². The van der Waals surface area contributed by atoms with Gasteiger partial charge in [0, 0.05) is 6.42 Å². The van der Waals surface area contributed by atoms with Crippen molar-refractivity contribution in [1.29, 1.82) is 0 Å². The van der Waals surface area contributed by atoms with E-state index in [9.17, 15) is 5.11 Å². The number of hydrogen-bond donors (Lipinski definition) is 3. The maximum absolute atomic E-state index is 9.38. The van der Waals surface area contributed by atoms with Crippen molar-refractivity contribution in [3.63, 3.8) is 0 Å². The molecule has 0 bridgehead atoms. The van der Waals surface area contributed by atoms with E-state index in [4.69, 9.17) is 34.7 Å². The van der Waals surface area contributed by atoms with Gasteiger partial charge in [-0.15, -0.1) is 0 Å². The molecular formula is C11H10Cl2N4O. The molecule has 0 aliphatic carbocycles. The van der Waals surface area contributed by atoms with Crippen LogP contribution in [0.1, 0.15) is 11.4 Å². The smallest absolute Gasteiger partial charge is 0.238 e. The maximum Gasteiger partial charge on any atom is 0.238 e. The number of aromatic nitrogens is 2. The minimum atomic E-state index is -0.243. The molecule has 0 unspecified atom stereocenters. The molecule has 0 radical (unpaired) electrons. The molecular weight excluding hydrogens is 275 g/mol. The quantitative estimate of drug-likeness (QED) is 0.735. The van der Waals surface area contributed by atoms with Gasteiger partial charge in [-0.2, -0.15) is 4.98 Å². The monoisotopic (exact) mass is 284 g/mol. The van der Waals surface area contributed by atoms with Gasteiger partial charge in [0.05, 0.1) is 21.9 Å². The van der Waals surface area contributed by atoms with Crippen molar-refractivity contribution in [3.05, 3.63) is 39.8 Å². The van der Waals surface area contributed by atoms with Gasteiger partial charge >= 0.3 is 0 Å². The van der Waals surface area contributed by atoms with Crippen LogP contribution >= 0.6 is 23.2 Å². The summed E-state index contributed by atoms with van der Waals surface area (Å²) in [7, 11) is 0. The fourth-order valence-electron chi connectivity index (χ4n) is 1.42. The van der Waals surface area contributed by atoms with E-state index in [1.54, 1.807) is 12.1 Å². The first-order valence-corrected chi connectivity index (χ1v) is 5.76. The third kappa shape index (κ3) is 2.57. The highest BCUT2D eigenvalue weighted by atomic mass is 35.5. The topological polar surface area (TPSA) is 98.0 Å². The van der Waals surface area contributed by atoms with Crippen LogP contribution in [0.25, 0.3) is 0 Å². The molecule has 1 aromatic carbocycles. The summed E-state index contributed by atoms with van der Waals surface area (Å²) in [5, 5.41) is 10.1. The van der Waals surface area contributed by atoms with Crippen molar-refractivity contribution in [2.24, 2.45) is 0 Å². The van der Waals surface area contributed by atoms with Crippen LogP contribution in [-0.2, 0) is 6.42 Å². The first kappa shape index (κ1) is 12.7. The first-order valence-electron chi connectivity index (χ1n) is 5.01. The average Bonchev–Trinajstić information content (AvgIpc) is 2.31. The number of aromatic hydroxyl groups is 1. The number of anilines is 2. The van der Waals surface area contributed by atoms with Crippen LogP contribution in [0.3, 0.4) is 0 Å². The van der Waals surface area contributed by atoms with Crippen LogP contribution in [0, 0.1) is 0 Å². The van der Waals surface area contributed by atoms with Crippen LogP contribution in [0.2, 0.25) is 10.0 Å². The lowest BCUT2D eigenvalue weighted by atomic mass is 10.1. The molecule has 0 aliphatic heterocycles. The maximum atomic E-state index is 9.38. The average molecular weight is 285 g/mol. The minimum Gasteiger partial charge on any atom is -0.492 e. The Balaban J connectivity index is 2.31. The SMILES string of the molecule is Nc1cnc(Cc2cc(Cl)c(N)c(Cl)c2)nc1O. The summed E-state index contributed by atoms with van der Waals surface area (Å²) < 4.78 is 0. The van der Waals surface area contributed by atoms with Gasteiger partial charge in [-0.05, 0) is 17.7 Å². The molecule has 5 nitrogen and oxygen atoms in total. The zero-order valence-corrected chi connectivity index (χ0v) is 10.7. The van der Waals surface area contributed by atoms with E-state index in [0.717, 1.165) is 5.56 Å². The lowest BCUT2D eigenvalue weighted by molar-refractivity contribution is 0.452. The fourth-order valence-corrected chi connectivity index (χ4v) is 1.96.